The highest BCUT2D eigenvalue weighted by Gasteiger charge is 2.30. The summed E-state index contributed by atoms with van der Waals surface area (Å²) in [5, 5.41) is 2.63. The average molecular weight is 347 g/mol. The first kappa shape index (κ1) is 14.0. The van der Waals surface area contributed by atoms with Crippen molar-refractivity contribution >= 4 is 34.5 Å². The van der Waals surface area contributed by atoms with E-state index >= 15 is 0 Å². The molecule has 0 heterocycles. The molecule has 17 heavy (non-hydrogen) atoms. The molecule has 1 amide bonds. The van der Waals surface area contributed by atoms with Gasteiger partial charge in [0.15, 0.2) is 0 Å². The molecule has 1 N–H and O–H groups in total. The van der Waals surface area contributed by atoms with Gasteiger partial charge >= 0.3 is 5.97 Å². The highest BCUT2D eigenvalue weighted by molar-refractivity contribution is 14.1. The molecule has 0 saturated carbocycles. The number of hydrogen-bond acceptors (Lipinski definition) is 3. The third kappa shape index (κ3) is 3.69. The van der Waals surface area contributed by atoms with Crippen LogP contribution in [0.25, 0.3) is 0 Å². The molecule has 1 aromatic rings. The van der Waals surface area contributed by atoms with Gasteiger partial charge in [0.1, 0.15) is 5.54 Å². The van der Waals surface area contributed by atoms with E-state index in [4.69, 9.17) is 0 Å². The maximum absolute atomic E-state index is 11.9. The van der Waals surface area contributed by atoms with Gasteiger partial charge in [-0.05, 0) is 54.6 Å². The summed E-state index contributed by atoms with van der Waals surface area (Å²) in [6.45, 7) is 3.20. The van der Waals surface area contributed by atoms with Gasteiger partial charge in [-0.3, -0.25) is 4.79 Å². The number of amides is 1. The quantitative estimate of drug-likeness (QED) is 0.672. The third-order valence-corrected chi connectivity index (χ3v) is 2.88. The Kier molecular flexibility index (Phi) is 4.50. The minimum absolute atomic E-state index is 0.293. The Hall–Kier alpha value is -1.11. The number of carbonyl (C=O) groups is 2. The third-order valence-electron chi connectivity index (χ3n) is 2.21. The summed E-state index contributed by atoms with van der Waals surface area (Å²) in [5.74, 6) is -0.768. The van der Waals surface area contributed by atoms with E-state index in [9.17, 15) is 9.59 Å². The van der Waals surface area contributed by atoms with Crippen molar-refractivity contribution in [2.24, 2.45) is 0 Å². The molecule has 0 unspecified atom stereocenters. The molecule has 92 valence electrons. The molecule has 1 rings (SSSR count). The first-order valence-corrected chi connectivity index (χ1v) is 6.11. The second-order valence-electron chi connectivity index (χ2n) is 4.08. The van der Waals surface area contributed by atoms with Crippen LogP contribution < -0.4 is 5.32 Å². The van der Waals surface area contributed by atoms with Gasteiger partial charge in [0.05, 0.1) is 7.11 Å². The van der Waals surface area contributed by atoms with Gasteiger partial charge in [-0.25, -0.2) is 4.79 Å². The van der Waals surface area contributed by atoms with Crippen molar-refractivity contribution < 1.29 is 14.3 Å². The molecule has 4 nitrogen and oxygen atoms in total. The molecule has 1 aromatic carbocycles. The molecule has 0 aromatic heterocycles. The first-order chi connectivity index (χ1) is 7.86. The smallest absolute Gasteiger partial charge is 0.330 e. The second kappa shape index (κ2) is 5.48. The van der Waals surface area contributed by atoms with Crippen LogP contribution in [0.5, 0.6) is 0 Å². The van der Waals surface area contributed by atoms with Crippen LogP contribution in [-0.4, -0.2) is 24.5 Å². The number of methoxy groups -OCH3 is 1. The fourth-order valence-corrected chi connectivity index (χ4v) is 1.84. The van der Waals surface area contributed by atoms with Crippen molar-refractivity contribution in [3.05, 3.63) is 33.4 Å². The molecule has 0 bridgehead atoms. The lowest BCUT2D eigenvalue weighted by Crippen LogP contribution is -2.50. The van der Waals surface area contributed by atoms with E-state index in [1.807, 2.05) is 6.07 Å². The zero-order chi connectivity index (χ0) is 13.1. The summed E-state index contributed by atoms with van der Waals surface area (Å²) in [5.41, 5.74) is -0.513. The maximum atomic E-state index is 11.9. The number of hydrogen-bond donors (Lipinski definition) is 1. The maximum Gasteiger partial charge on any atom is 0.330 e. The Bertz CT molecular complexity index is 443. The zero-order valence-electron chi connectivity index (χ0n) is 9.91. The van der Waals surface area contributed by atoms with Gasteiger partial charge in [0, 0.05) is 9.13 Å². The molecule has 0 saturated heterocycles. The number of ether oxygens (including phenoxy) is 1. The highest BCUT2D eigenvalue weighted by atomic mass is 127. The van der Waals surface area contributed by atoms with E-state index in [0.29, 0.717) is 5.56 Å². The van der Waals surface area contributed by atoms with E-state index in [2.05, 4.69) is 32.6 Å². The molecule has 0 aliphatic carbocycles. The van der Waals surface area contributed by atoms with Crippen LogP contribution in [-0.2, 0) is 9.53 Å². The summed E-state index contributed by atoms with van der Waals surface area (Å²) >= 11 is 2.13. The van der Waals surface area contributed by atoms with E-state index in [0.717, 1.165) is 3.57 Å². The monoisotopic (exact) mass is 347 g/mol. The molecule has 0 fully saturated rings. The Balaban J connectivity index is 2.83. The van der Waals surface area contributed by atoms with E-state index in [-0.39, 0.29) is 5.91 Å². The van der Waals surface area contributed by atoms with Crippen LogP contribution in [0.15, 0.2) is 24.3 Å². The van der Waals surface area contributed by atoms with Crippen molar-refractivity contribution in [2.45, 2.75) is 19.4 Å². The fourth-order valence-electron chi connectivity index (χ4n) is 1.29. The fraction of sp³-hybridized carbons (Fsp3) is 0.333. The lowest BCUT2D eigenvalue weighted by atomic mass is 10.1. The predicted molar refractivity (Wildman–Crippen MR) is 72.7 cm³/mol. The Morgan fingerprint density at radius 3 is 2.53 bits per heavy atom. The topological polar surface area (TPSA) is 55.4 Å². The van der Waals surface area contributed by atoms with Crippen LogP contribution >= 0.6 is 22.6 Å². The standard InChI is InChI=1S/C12H14INO3/c1-12(2,11(16)17-3)14-10(15)8-5-4-6-9(13)7-8/h4-7H,1-3H3,(H,14,15). The minimum atomic E-state index is -1.03. The SMILES string of the molecule is COC(=O)C(C)(C)NC(=O)c1cccc(I)c1. The van der Waals surface area contributed by atoms with Crippen LogP contribution in [0.2, 0.25) is 0 Å². The van der Waals surface area contributed by atoms with Gasteiger partial charge in [-0.1, -0.05) is 6.07 Å². The molecule has 5 heteroatoms. The van der Waals surface area contributed by atoms with E-state index in [1.54, 1.807) is 32.0 Å². The lowest BCUT2D eigenvalue weighted by molar-refractivity contribution is -0.146. The summed E-state index contributed by atoms with van der Waals surface area (Å²) in [7, 11) is 1.29. The Labute approximate surface area is 114 Å². The molecular formula is C12H14INO3. The zero-order valence-corrected chi connectivity index (χ0v) is 12.1. The minimum Gasteiger partial charge on any atom is -0.467 e. The number of carbonyl (C=O) groups excluding carboxylic acids is 2. The van der Waals surface area contributed by atoms with Crippen LogP contribution in [0.3, 0.4) is 0 Å². The summed E-state index contributed by atoms with van der Waals surface area (Å²) in [6, 6.07) is 7.14. The van der Waals surface area contributed by atoms with Gasteiger partial charge in [0.2, 0.25) is 0 Å². The summed E-state index contributed by atoms with van der Waals surface area (Å²) in [4.78, 5) is 23.3. The highest BCUT2D eigenvalue weighted by Crippen LogP contribution is 2.10. The Morgan fingerprint density at radius 1 is 1.35 bits per heavy atom. The molecule has 0 radical (unpaired) electrons. The van der Waals surface area contributed by atoms with Crippen molar-refractivity contribution in [3.63, 3.8) is 0 Å². The number of esters is 1. The van der Waals surface area contributed by atoms with Crippen LogP contribution in [0.1, 0.15) is 24.2 Å². The van der Waals surface area contributed by atoms with E-state index in [1.165, 1.54) is 7.11 Å². The number of nitrogens with one attached hydrogen (secondary N) is 1. The van der Waals surface area contributed by atoms with Crippen molar-refractivity contribution in [1.82, 2.24) is 5.32 Å². The second-order valence-corrected chi connectivity index (χ2v) is 5.33. The molecule has 0 atom stereocenters. The van der Waals surface area contributed by atoms with Crippen molar-refractivity contribution in [3.8, 4) is 0 Å². The first-order valence-electron chi connectivity index (χ1n) is 5.03. The van der Waals surface area contributed by atoms with Gasteiger partial charge in [-0.15, -0.1) is 0 Å². The van der Waals surface area contributed by atoms with Crippen molar-refractivity contribution in [1.29, 1.82) is 0 Å². The van der Waals surface area contributed by atoms with Crippen molar-refractivity contribution in [2.75, 3.05) is 7.11 Å². The summed E-state index contributed by atoms with van der Waals surface area (Å²) < 4.78 is 5.58. The molecule has 0 aliphatic heterocycles. The predicted octanol–water partition coefficient (Wildman–Crippen LogP) is 1.97. The molecule has 0 aliphatic rings. The lowest BCUT2D eigenvalue weighted by Gasteiger charge is -2.23. The molecular weight excluding hydrogens is 333 g/mol. The average Bonchev–Trinajstić information content (AvgIpc) is 2.27. The van der Waals surface area contributed by atoms with Crippen LogP contribution in [0.4, 0.5) is 0 Å². The molecule has 0 spiro atoms. The van der Waals surface area contributed by atoms with Gasteiger partial charge in [-0.2, -0.15) is 0 Å². The number of benzene rings is 1. The normalized spacial score (nSPS) is 10.8. The van der Waals surface area contributed by atoms with E-state index < -0.39 is 11.5 Å². The van der Waals surface area contributed by atoms with Gasteiger partial charge in [0.25, 0.3) is 5.91 Å². The van der Waals surface area contributed by atoms with Crippen LogP contribution in [0, 0.1) is 3.57 Å². The summed E-state index contributed by atoms with van der Waals surface area (Å²) in [6.07, 6.45) is 0. The largest absolute Gasteiger partial charge is 0.467 e. The van der Waals surface area contributed by atoms with Gasteiger partial charge < -0.3 is 10.1 Å². The Morgan fingerprint density at radius 2 is 2.00 bits per heavy atom. The number of halogens is 1. The number of rotatable bonds is 3.